The number of aliphatic carboxylic acids is 1. The van der Waals surface area contributed by atoms with Crippen LogP contribution in [0.25, 0.3) is 0 Å². The Labute approximate surface area is 702 Å². The Morgan fingerprint density at radius 3 is 1.14 bits per heavy atom. The Kier molecular flexibility index (Phi) is 44.1. The van der Waals surface area contributed by atoms with E-state index in [0.29, 0.717) is 12.8 Å². The van der Waals surface area contributed by atoms with Crippen molar-refractivity contribution in [3.8, 4) is 0 Å². The minimum absolute atomic E-state index is 0.0147. The lowest BCUT2D eigenvalue weighted by molar-refractivity contribution is -0.152. The van der Waals surface area contributed by atoms with Crippen molar-refractivity contribution >= 4 is 136 Å². The zero-order valence-electron chi connectivity index (χ0n) is 69.1. The van der Waals surface area contributed by atoms with E-state index in [1.807, 2.05) is 0 Å². The van der Waals surface area contributed by atoms with Gasteiger partial charge in [0.05, 0.1) is 25.7 Å². The van der Waals surface area contributed by atoms with Gasteiger partial charge in [0, 0.05) is 64.7 Å². The smallest absolute Gasteiger partial charge is 0.326 e. The highest BCUT2D eigenvalue weighted by Gasteiger charge is 2.46. The molecule has 3 saturated heterocycles. The first kappa shape index (κ1) is 104. The van der Waals surface area contributed by atoms with Crippen LogP contribution in [0.1, 0.15) is 176 Å². The summed E-state index contributed by atoms with van der Waals surface area (Å²) in [5, 5.41) is 48.7. The zero-order chi connectivity index (χ0) is 91.9. The quantitative estimate of drug-likeness (QED) is 0.0153. The number of nitrogens with one attached hydrogen (secondary N) is 12. The van der Waals surface area contributed by atoms with Gasteiger partial charge in [0.15, 0.2) is 5.96 Å². The fraction of sp³-hybridized carbons (Fsp3) is 0.685. The third kappa shape index (κ3) is 36.6. The molecular weight excluding hydrogens is 1610 g/mol. The molecule has 0 aromatic rings. The molecule has 14 atom stereocenters. The second-order valence-corrected chi connectivity index (χ2v) is 30.8. The Bertz CT molecular complexity index is 3820. The monoisotopic (exact) mass is 1730 g/mol. The number of hydrogen-bond acceptors (Lipinski definition) is 25. The maximum Gasteiger partial charge on any atom is 0.326 e. The summed E-state index contributed by atoms with van der Waals surface area (Å²) in [7, 11) is 0. The van der Waals surface area contributed by atoms with Crippen LogP contribution >= 0.6 is 0 Å². The summed E-state index contributed by atoms with van der Waals surface area (Å²) in [5.74, 6) is -22.5. The number of carboxylic acid groups (broad SMARTS) is 1. The summed E-state index contributed by atoms with van der Waals surface area (Å²) >= 11 is 0. The van der Waals surface area contributed by atoms with Crippen LogP contribution in [0.2, 0.25) is 0 Å². The van der Waals surface area contributed by atoms with Gasteiger partial charge in [0.25, 0.3) is 0 Å². The molecule has 32 N–H and O–H groups in total. The van der Waals surface area contributed by atoms with Crippen molar-refractivity contribution in [2.45, 2.75) is 260 Å². The second kappa shape index (κ2) is 51.9. The van der Waals surface area contributed by atoms with Crippen LogP contribution in [0.5, 0.6) is 0 Å². The molecule has 0 radical (unpaired) electrons. The lowest BCUT2D eigenvalue weighted by Gasteiger charge is -2.32. The molecule has 3 aliphatic heterocycles. The molecule has 49 nitrogen and oxygen atoms in total. The van der Waals surface area contributed by atoms with E-state index in [1.54, 1.807) is 27.7 Å². The van der Waals surface area contributed by atoms with Gasteiger partial charge in [-0.05, 0) is 121 Å². The van der Waals surface area contributed by atoms with Gasteiger partial charge in [0.2, 0.25) is 124 Å². The second-order valence-electron chi connectivity index (χ2n) is 30.8. The Balaban J connectivity index is 1.81. The van der Waals surface area contributed by atoms with E-state index in [4.69, 9.17) is 51.6 Å². The van der Waals surface area contributed by atoms with Crippen LogP contribution in [-0.4, -0.2) is 291 Å². The SMILES string of the molecule is CC(C)C[C@H](NC(=O)CNC(=O)CNC(=O)[C@H](C)NC(=O)[C@H](CC(C)C)NC(=O)[C@@H]1CCCN1C(=O)[C@H](CCC(N)=O)NC(=O)[C@H](CCCN=C(N)N)NC(=O)[C@H](CCC(N)=O)NC(=O)[C@H](CCC(N)=O)NC(=O)[C@H](CCC(N)=O)NC(=O)[C@H](CCC(N)=O)NC(=O)[C@@H](N)CCC(N)=O)C(=O)N[C@@H](CO)C(=O)N1CCC[C@H]1C(=O)N1CCC[C@H]1C(=O)O. The normalized spacial score (nSPS) is 17.5. The summed E-state index contributed by atoms with van der Waals surface area (Å²) in [6.07, 6.45) is -5.43. The number of amides is 21. The number of rotatable bonds is 55. The average Bonchev–Trinajstić information content (AvgIpc) is 1.65. The van der Waals surface area contributed by atoms with Crippen molar-refractivity contribution in [1.29, 1.82) is 0 Å². The average molecular weight is 1730 g/mol. The van der Waals surface area contributed by atoms with Gasteiger partial charge < -0.3 is 140 Å². The number of nitrogens with zero attached hydrogens (tertiary/aromatic N) is 4. The van der Waals surface area contributed by atoms with Gasteiger partial charge in [-0.2, -0.15) is 0 Å². The van der Waals surface area contributed by atoms with Crippen molar-refractivity contribution in [3.05, 3.63) is 0 Å². The van der Waals surface area contributed by atoms with Crippen molar-refractivity contribution < 1.29 is 116 Å². The summed E-state index contributed by atoms with van der Waals surface area (Å²) in [4.78, 5) is 300. The van der Waals surface area contributed by atoms with Crippen molar-refractivity contribution in [2.75, 3.05) is 45.9 Å². The first-order valence-electron chi connectivity index (χ1n) is 40.1. The highest BCUT2D eigenvalue weighted by atomic mass is 16.4. The predicted molar refractivity (Wildman–Crippen MR) is 427 cm³/mol. The van der Waals surface area contributed by atoms with Gasteiger partial charge in [-0.1, -0.05) is 27.7 Å². The van der Waals surface area contributed by atoms with E-state index < -0.39 is 299 Å². The summed E-state index contributed by atoms with van der Waals surface area (Å²) in [6, 6.07) is -21.1. The number of aliphatic imine (C=N–C) groups is 1. The maximum absolute atomic E-state index is 14.8. The summed E-state index contributed by atoms with van der Waals surface area (Å²) < 4.78 is 0. The maximum atomic E-state index is 14.8. The zero-order valence-corrected chi connectivity index (χ0v) is 69.1. The van der Waals surface area contributed by atoms with Crippen molar-refractivity contribution in [2.24, 2.45) is 68.4 Å². The van der Waals surface area contributed by atoms with Crippen LogP contribution in [0, 0.1) is 11.8 Å². The number of carbonyl (C=O) groups excluding carboxylic acids is 21. The summed E-state index contributed by atoms with van der Waals surface area (Å²) in [6.45, 7) is 5.73. The number of carbonyl (C=O) groups is 22. The molecule has 682 valence electrons. The number of hydrogen-bond donors (Lipinski definition) is 23. The minimum Gasteiger partial charge on any atom is -0.480 e. The standard InChI is InChI=1S/C73H121N25O24/c1-35(2)30-45(67(116)95-47(34-99)70(119)97-28-8-12-49(97)71(120)98-29-9-13-50(98)72(121)122)87-58(107)33-84-57(106)32-85-59(108)37(5)86-66(115)46(31-36(3)4)94-68(117)48-11-7-27-96(48)69(118)44(19-25-56(80)105)93-61(110)39(10-6-26-83-73(81)82)89-63(112)41(16-22-53(77)102)91-65(114)43(18-24-55(79)104)92-64(113)42(17-23-54(78)103)90-62(111)40(15-21-52(76)101)88-60(109)38(74)14-20-51(75)100/h35-50,99H,6-34,74H2,1-5H3,(H2,75,100)(H2,76,101)(H2,77,102)(H2,78,103)(H2,79,104)(H2,80,105)(H,84,106)(H,85,108)(H,86,115)(H,87,107)(H,88,109)(H,89,112)(H,90,111)(H,91,114)(H,92,113)(H,93,110)(H,94,117)(H,95,116)(H,121,122)(H4,81,82,83)/t37-,38-,39-,40-,41-,42-,43-,44-,45-,46-,47-,48-,49-,50-/m0/s1. The Hall–Kier alpha value is -12.5. The van der Waals surface area contributed by atoms with E-state index in [1.165, 1.54) is 16.7 Å². The minimum atomic E-state index is -1.88. The number of aliphatic hydroxyl groups excluding tert-OH is 1. The lowest BCUT2D eigenvalue weighted by atomic mass is 10.0. The molecule has 0 aliphatic carbocycles. The molecule has 3 rings (SSSR count). The van der Waals surface area contributed by atoms with Gasteiger partial charge in [-0.25, -0.2) is 4.79 Å². The molecule has 0 saturated carbocycles. The van der Waals surface area contributed by atoms with Gasteiger partial charge in [-0.15, -0.1) is 0 Å². The van der Waals surface area contributed by atoms with E-state index in [-0.39, 0.29) is 108 Å². The number of aliphatic hydroxyl groups is 1. The molecule has 0 bridgehead atoms. The molecule has 3 aliphatic rings. The molecule has 3 heterocycles. The van der Waals surface area contributed by atoms with E-state index in [2.05, 4.69) is 68.8 Å². The number of nitrogens with two attached hydrogens (primary N) is 9. The number of likely N-dealkylation sites (tertiary alicyclic amines) is 3. The highest BCUT2D eigenvalue weighted by Crippen LogP contribution is 2.27. The largest absolute Gasteiger partial charge is 0.480 e. The predicted octanol–water partition coefficient (Wildman–Crippen LogP) is -11.8. The number of primary amides is 6. The topological polar surface area (TPSA) is 817 Å². The number of guanidine groups is 1. The lowest BCUT2D eigenvalue weighted by Crippen LogP contribution is -2.60. The highest BCUT2D eigenvalue weighted by molar-refractivity contribution is 6.01. The molecule has 49 heteroatoms. The van der Waals surface area contributed by atoms with Crippen molar-refractivity contribution in [3.63, 3.8) is 0 Å². The fourth-order valence-electron chi connectivity index (χ4n) is 13.4. The molecule has 3 fully saturated rings. The fourth-order valence-corrected chi connectivity index (χ4v) is 13.4. The first-order chi connectivity index (χ1) is 57.2. The number of carboxylic acids is 1. The van der Waals surface area contributed by atoms with Crippen LogP contribution in [0.15, 0.2) is 4.99 Å². The summed E-state index contributed by atoms with van der Waals surface area (Å²) in [5.41, 5.74) is 49.2. The Morgan fingerprint density at radius 2 is 0.713 bits per heavy atom. The van der Waals surface area contributed by atoms with Crippen LogP contribution in [0.4, 0.5) is 0 Å². The van der Waals surface area contributed by atoms with Gasteiger partial charge >= 0.3 is 5.97 Å². The third-order valence-electron chi connectivity index (χ3n) is 19.8. The van der Waals surface area contributed by atoms with Crippen LogP contribution in [-0.2, 0) is 105 Å². The van der Waals surface area contributed by atoms with E-state index >= 15 is 0 Å². The van der Waals surface area contributed by atoms with Gasteiger partial charge in [-0.3, -0.25) is 106 Å². The molecule has 21 amide bonds. The van der Waals surface area contributed by atoms with Crippen LogP contribution < -0.4 is 115 Å². The Morgan fingerprint density at radius 1 is 0.369 bits per heavy atom. The van der Waals surface area contributed by atoms with Gasteiger partial charge in [0.1, 0.15) is 78.5 Å². The third-order valence-corrected chi connectivity index (χ3v) is 19.8. The van der Waals surface area contributed by atoms with E-state index in [9.17, 15) is 116 Å². The molecule has 0 aromatic carbocycles. The molecular formula is C73H121N25O24. The molecule has 0 aromatic heterocycles. The van der Waals surface area contributed by atoms with Crippen molar-refractivity contribution in [1.82, 2.24) is 78.5 Å². The molecule has 122 heavy (non-hydrogen) atoms. The molecule has 0 unspecified atom stereocenters. The molecule has 0 spiro atoms. The van der Waals surface area contributed by atoms with Crippen LogP contribution in [0.3, 0.4) is 0 Å². The first-order valence-corrected chi connectivity index (χ1v) is 40.1. The van der Waals surface area contributed by atoms with E-state index in [0.717, 1.165) is 4.90 Å².